The van der Waals surface area contributed by atoms with Crippen LogP contribution in [0.25, 0.3) is 0 Å². The summed E-state index contributed by atoms with van der Waals surface area (Å²) < 4.78 is 13.6. The van der Waals surface area contributed by atoms with E-state index in [0.717, 1.165) is 18.3 Å². The van der Waals surface area contributed by atoms with Crippen LogP contribution >= 0.6 is 38.5 Å². The maximum atomic E-state index is 13.0. The molecule has 0 fully saturated rings. The van der Waals surface area contributed by atoms with E-state index in [0.29, 0.717) is 15.7 Å². The molecule has 1 aromatic carbocycles. The van der Waals surface area contributed by atoms with E-state index >= 15 is 0 Å². The molecule has 5 heteroatoms. The van der Waals surface area contributed by atoms with Crippen molar-refractivity contribution < 1.29 is 9.18 Å². The Morgan fingerprint density at radius 1 is 1.47 bits per heavy atom. The summed E-state index contributed by atoms with van der Waals surface area (Å²) in [7, 11) is 0. The van der Waals surface area contributed by atoms with Crippen molar-refractivity contribution in [3.05, 3.63) is 33.1 Å². The Kier molecular flexibility index (Phi) is 6.40. The molecule has 0 radical (unpaired) electrons. The van der Waals surface area contributed by atoms with Crippen LogP contribution in [-0.4, -0.2) is 29.2 Å². The molecule has 0 aliphatic carbocycles. The summed E-state index contributed by atoms with van der Waals surface area (Å²) in [6.07, 6.45) is 0.913. The molecule has 1 amide bonds. The minimum absolute atomic E-state index is 0.0318. The van der Waals surface area contributed by atoms with Crippen LogP contribution in [0.2, 0.25) is 0 Å². The van der Waals surface area contributed by atoms with Crippen molar-refractivity contribution in [3.63, 3.8) is 0 Å². The van der Waals surface area contributed by atoms with Gasteiger partial charge in [-0.1, -0.05) is 22.9 Å². The van der Waals surface area contributed by atoms with Gasteiger partial charge in [-0.3, -0.25) is 4.79 Å². The van der Waals surface area contributed by atoms with Crippen molar-refractivity contribution >= 4 is 44.4 Å². The zero-order valence-corrected chi connectivity index (χ0v) is 13.3. The van der Waals surface area contributed by atoms with E-state index in [1.54, 1.807) is 11.0 Å². The molecular formula is C12H14BrFINO. The van der Waals surface area contributed by atoms with Gasteiger partial charge in [-0.2, -0.15) is 0 Å². The molecule has 0 bridgehead atoms. The highest BCUT2D eigenvalue weighted by Gasteiger charge is 2.17. The summed E-state index contributed by atoms with van der Waals surface area (Å²) in [5.74, 6) is -0.343. The minimum atomic E-state index is -0.312. The van der Waals surface area contributed by atoms with Crippen LogP contribution in [0, 0.1) is 9.39 Å². The van der Waals surface area contributed by atoms with Gasteiger partial charge in [0.25, 0.3) is 5.91 Å². The second-order valence-corrected chi connectivity index (χ2v) is 5.56. The fourth-order valence-electron chi connectivity index (χ4n) is 1.52. The standard InChI is InChI=1S/C12H14BrFINO/c1-2-6-16(7-5-13)12(17)10-4-3-9(14)8-11(10)15/h3-4,8H,2,5-7H2,1H3. The number of alkyl halides is 1. The second kappa shape index (κ2) is 7.31. The maximum absolute atomic E-state index is 13.0. The number of benzene rings is 1. The number of carbonyl (C=O) groups is 1. The summed E-state index contributed by atoms with van der Waals surface area (Å²) in [5, 5.41) is 0.747. The van der Waals surface area contributed by atoms with Crippen molar-refractivity contribution in [1.82, 2.24) is 4.90 Å². The number of hydrogen-bond acceptors (Lipinski definition) is 1. The van der Waals surface area contributed by atoms with E-state index in [1.807, 2.05) is 29.5 Å². The third kappa shape index (κ3) is 4.21. The largest absolute Gasteiger partial charge is 0.338 e. The Hall–Kier alpha value is -0.170. The van der Waals surface area contributed by atoms with Gasteiger partial charge in [-0.05, 0) is 47.2 Å². The van der Waals surface area contributed by atoms with E-state index in [1.165, 1.54) is 12.1 Å². The van der Waals surface area contributed by atoms with Crippen LogP contribution in [0.1, 0.15) is 23.7 Å². The maximum Gasteiger partial charge on any atom is 0.254 e. The van der Waals surface area contributed by atoms with E-state index in [4.69, 9.17) is 0 Å². The van der Waals surface area contributed by atoms with Crippen molar-refractivity contribution in [1.29, 1.82) is 0 Å². The third-order valence-corrected chi connectivity index (χ3v) is 3.54. The molecular weight excluding hydrogens is 400 g/mol. The van der Waals surface area contributed by atoms with Crippen molar-refractivity contribution in [2.45, 2.75) is 13.3 Å². The highest BCUT2D eigenvalue weighted by atomic mass is 127. The number of nitrogens with zero attached hydrogens (tertiary/aromatic N) is 1. The molecule has 0 unspecified atom stereocenters. The summed E-state index contributed by atoms with van der Waals surface area (Å²) in [4.78, 5) is 14.0. The summed E-state index contributed by atoms with van der Waals surface area (Å²) in [5.41, 5.74) is 0.571. The van der Waals surface area contributed by atoms with E-state index in [9.17, 15) is 9.18 Å². The first-order valence-electron chi connectivity index (χ1n) is 5.40. The first-order chi connectivity index (χ1) is 8.10. The highest BCUT2D eigenvalue weighted by Crippen LogP contribution is 2.16. The zero-order chi connectivity index (χ0) is 12.8. The average Bonchev–Trinajstić information content (AvgIpc) is 2.28. The Labute approximate surface area is 123 Å². The van der Waals surface area contributed by atoms with Crippen molar-refractivity contribution in [3.8, 4) is 0 Å². The Balaban J connectivity index is 2.92. The van der Waals surface area contributed by atoms with E-state index in [-0.39, 0.29) is 11.7 Å². The SMILES string of the molecule is CCCN(CCBr)C(=O)c1ccc(F)cc1I. The molecule has 2 nitrogen and oxygen atoms in total. The number of carbonyl (C=O) groups excluding carboxylic acids is 1. The average molecular weight is 414 g/mol. The van der Waals surface area contributed by atoms with Gasteiger partial charge in [0.2, 0.25) is 0 Å². The van der Waals surface area contributed by atoms with Gasteiger partial charge in [-0.25, -0.2) is 4.39 Å². The van der Waals surface area contributed by atoms with Gasteiger partial charge in [-0.15, -0.1) is 0 Å². The van der Waals surface area contributed by atoms with Gasteiger partial charge in [0.15, 0.2) is 0 Å². The summed E-state index contributed by atoms with van der Waals surface area (Å²) in [6.45, 7) is 3.42. The molecule has 0 N–H and O–H groups in total. The fraction of sp³-hybridized carbons (Fsp3) is 0.417. The monoisotopic (exact) mass is 413 g/mol. The van der Waals surface area contributed by atoms with Gasteiger partial charge in [0, 0.05) is 22.0 Å². The first-order valence-corrected chi connectivity index (χ1v) is 7.60. The first kappa shape index (κ1) is 14.9. The number of halogens is 3. The molecule has 0 aromatic heterocycles. The lowest BCUT2D eigenvalue weighted by atomic mass is 10.2. The molecule has 1 aromatic rings. The smallest absolute Gasteiger partial charge is 0.254 e. The number of rotatable bonds is 5. The van der Waals surface area contributed by atoms with Crippen LogP contribution < -0.4 is 0 Å². The third-order valence-electron chi connectivity index (χ3n) is 2.30. The topological polar surface area (TPSA) is 20.3 Å². The molecule has 0 saturated heterocycles. The Morgan fingerprint density at radius 3 is 2.71 bits per heavy atom. The predicted octanol–water partition coefficient (Wildman–Crippen LogP) is 3.68. The van der Waals surface area contributed by atoms with Gasteiger partial charge in [0.05, 0.1) is 5.56 Å². The van der Waals surface area contributed by atoms with Crippen LogP contribution in [0.4, 0.5) is 4.39 Å². The Morgan fingerprint density at radius 2 is 2.18 bits per heavy atom. The van der Waals surface area contributed by atoms with Crippen LogP contribution in [-0.2, 0) is 0 Å². The Bertz CT molecular complexity index is 394. The molecule has 1 rings (SSSR count). The van der Waals surface area contributed by atoms with Crippen LogP contribution in [0.5, 0.6) is 0 Å². The molecule has 0 heterocycles. The number of amides is 1. The predicted molar refractivity (Wildman–Crippen MR) is 79.1 cm³/mol. The quantitative estimate of drug-likeness (QED) is 0.532. The van der Waals surface area contributed by atoms with Crippen LogP contribution in [0.15, 0.2) is 18.2 Å². The molecule has 0 aliphatic rings. The second-order valence-electron chi connectivity index (χ2n) is 3.61. The summed E-state index contributed by atoms with van der Waals surface area (Å²) in [6, 6.07) is 4.26. The molecule has 0 atom stereocenters. The molecule has 94 valence electrons. The van der Waals surface area contributed by atoms with E-state index < -0.39 is 0 Å². The van der Waals surface area contributed by atoms with Gasteiger partial charge in [0.1, 0.15) is 5.82 Å². The van der Waals surface area contributed by atoms with Gasteiger partial charge < -0.3 is 4.90 Å². The minimum Gasteiger partial charge on any atom is -0.338 e. The normalized spacial score (nSPS) is 10.4. The summed E-state index contributed by atoms with van der Waals surface area (Å²) >= 11 is 5.33. The van der Waals surface area contributed by atoms with Crippen LogP contribution in [0.3, 0.4) is 0 Å². The van der Waals surface area contributed by atoms with Crippen molar-refractivity contribution in [2.24, 2.45) is 0 Å². The zero-order valence-electron chi connectivity index (χ0n) is 9.55. The van der Waals surface area contributed by atoms with Gasteiger partial charge >= 0.3 is 0 Å². The lowest BCUT2D eigenvalue weighted by molar-refractivity contribution is 0.0765. The molecule has 0 saturated carbocycles. The lowest BCUT2D eigenvalue weighted by Gasteiger charge is -2.21. The number of hydrogen-bond donors (Lipinski definition) is 0. The lowest BCUT2D eigenvalue weighted by Crippen LogP contribution is -2.33. The molecule has 0 spiro atoms. The highest BCUT2D eigenvalue weighted by molar-refractivity contribution is 14.1. The molecule has 0 aliphatic heterocycles. The van der Waals surface area contributed by atoms with E-state index in [2.05, 4.69) is 15.9 Å². The fourth-order valence-corrected chi connectivity index (χ4v) is 2.66. The van der Waals surface area contributed by atoms with Crippen molar-refractivity contribution in [2.75, 3.05) is 18.4 Å². The molecule has 17 heavy (non-hydrogen) atoms.